The zero-order valence-corrected chi connectivity index (χ0v) is 16.4. The summed E-state index contributed by atoms with van der Waals surface area (Å²) < 4.78 is 30.3. The van der Waals surface area contributed by atoms with E-state index in [0.717, 1.165) is 16.9 Å². The number of benzene rings is 3. The van der Waals surface area contributed by atoms with E-state index >= 15 is 0 Å². The number of hydrogen-bond donors (Lipinski definition) is 3. The van der Waals surface area contributed by atoms with Crippen molar-refractivity contribution >= 4 is 21.8 Å². The highest BCUT2D eigenvalue weighted by Gasteiger charge is 2.11. The maximum atomic E-state index is 12.7. The minimum Gasteiger partial charge on any atom is -0.489 e. The molecule has 0 aliphatic carbocycles. The van der Waals surface area contributed by atoms with Crippen LogP contribution in [0.15, 0.2) is 78.9 Å². The van der Waals surface area contributed by atoms with Crippen LogP contribution < -0.4 is 19.9 Å². The summed E-state index contributed by atoms with van der Waals surface area (Å²) in [5, 5.41) is 7.82. The maximum absolute atomic E-state index is 12.7. The highest BCUT2D eigenvalue weighted by atomic mass is 32.2. The summed E-state index contributed by atoms with van der Waals surface area (Å²) >= 11 is 0. The number of ether oxygens (including phenoxy) is 1. The zero-order chi connectivity index (χ0) is 20.7. The summed E-state index contributed by atoms with van der Waals surface area (Å²) in [6, 6.07) is 23.2. The van der Waals surface area contributed by atoms with Gasteiger partial charge in [-0.2, -0.15) is 8.42 Å². The number of rotatable bonds is 8. The van der Waals surface area contributed by atoms with E-state index in [2.05, 4.69) is 10.0 Å². The van der Waals surface area contributed by atoms with Crippen LogP contribution in [0.5, 0.6) is 5.75 Å². The third-order valence-corrected chi connectivity index (χ3v) is 4.56. The van der Waals surface area contributed by atoms with Crippen molar-refractivity contribution in [3.63, 3.8) is 0 Å². The van der Waals surface area contributed by atoms with Crippen LogP contribution in [0.2, 0.25) is 0 Å². The van der Waals surface area contributed by atoms with E-state index in [-0.39, 0.29) is 19.1 Å². The van der Waals surface area contributed by atoms with Crippen LogP contribution in [0, 0.1) is 0 Å². The molecule has 0 radical (unpaired) electrons. The van der Waals surface area contributed by atoms with Crippen LogP contribution in [0.1, 0.15) is 21.5 Å². The monoisotopic (exact) mass is 411 g/mol. The summed E-state index contributed by atoms with van der Waals surface area (Å²) in [6.45, 7) is 0.494. The SMILES string of the molecule is NS(=O)(=O)Nc1cccc(CNC(=O)c2ccccc2COc2ccccc2)c1. The fraction of sp³-hybridized carbons (Fsp3) is 0.0952. The molecule has 0 aliphatic heterocycles. The van der Waals surface area contributed by atoms with Crippen LogP contribution in [-0.4, -0.2) is 14.3 Å². The van der Waals surface area contributed by atoms with E-state index in [4.69, 9.17) is 9.88 Å². The van der Waals surface area contributed by atoms with Gasteiger partial charge in [-0.05, 0) is 35.9 Å². The summed E-state index contributed by atoms with van der Waals surface area (Å²) in [5.41, 5.74) is 2.33. The van der Waals surface area contributed by atoms with Gasteiger partial charge < -0.3 is 10.1 Å². The normalized spacial score (nSPS) is 10.9. The van der Waals surface area contributed by atoms with Gasteiger partial charge in [0.05, 0.1) is 5.69 Å². The van der Waals surface area contributed by atoms with Gasteiger partial charge in [0.15, 0.2) is 0 Å². The molecule has 3 aromatic carbocycles. The number of nitrogens with one attached hydrogen (secondary N) is 2. The molecular weight excluding hydrogens is 390 g/mol. The van der Waals surface area contributed by atoms with Crippen LogP contribution in [0.3, 0.4) is 0 Å². The molecule has 3 rings (SSSR count). The molecule has 0 aliphatic rings. The van der Waals surface area contributed by atoms with Gasteiger partial charge in [0.25, 0.3) is 16.1 Å². The second-order valence-electron chi connectivity index (χ2n) is 6.29. The fourth-order valence-corrected chi connectivity index (χ4v) is 3.19. The maximum Gasteiger partial charge on any atom is 0.296 e. The third-order valence-electron chi connectivity index (χ3n) is 4.04. The molecule has 3 aromatic rings. The molecule has 8 heteroatoms. The van der Waals surface area contributed by atoms with Crippen molar-refractivity contribution in [3.05, 3.63) is 95.6 Å². The largest absolute Gasteiger partial charge is 0.489 e. The first-order valence-corrected chi connectivity index (χ1v) is 10.4. The van der Waals surface area contributed by atoms with Crippen molar-refractivity contribution in [3.8, 4) is 5.75 Å². The van der Waals surface area contributed by atoms with Crippen molar-refractivity contribution in [2.24, 2.45) is 5.14 Å². The number of anilines is 1. The molecule has 0 fully saturated rings. The van der Waals surface area contributed by atoms with Crippen LogP contribution in [-0.2, 0) is 23.4 Å². The van der Waals surface area contributed by atoms with Crippen LogP contribution in [0.4, 0.5) is 5.69 Å². The Balaban J connectivity index is 1.65. The van der Waals surface area contributed by atoms with Gasteiger partial charge >= 0.3 is 0 Å². The van der Waals surface area contributed by atoms with E-state index < -0.39 is 10.2 Å². The molecule has 1 amide bonds. The van der Waals surface area contributed by atoms with Crippen molar-refractivity contribution in [2.45, 2.75) is 13.2 Å². The Hall–Kier alpha value is -3.36. The first-order valence-electron chi connectivity index (χ1n) is 8.84. The van der Waals surface area contributed by atoms with Crippen molar-refractivity contribution in [1.82, 2.24) is 5.32 Å². The minimum atomic E-state index is -3.85. The first kappa shape index (κ1) is 20.4. The summed E-state index contributed by atoms with van der Waals surface area (Å²) in [5.74, 6) is 0.476. The quantitative estimate of drug-likeness (QED) is 0.529. The lowest BCUT2D eigenvalue weighted by Gasteiger charge is -2.12. The lowest BCUT2D eigenvalue weighted by atomic mass is 10.1. The highest BCUT2D eigenvalue weighted by molar-refractivity contribution is 7.90. The van der Waals surface area contributed by atoms with Gasteiger partial charge in [-0.3, -0.25) is 9.52 Å². The van der Waals surface area contributed by atoms with Gasteiger partial charge in [-0.15, -0.1) is 0 Å². The second-order valence-corrected chi connectivity index (χ2v) is 7.58. The average Bonchev–Trinajstić information content (AvgIpc) is 2.70. The van der Waals surface area contributed by atoms with Gasteiger partial charge in [-0.25, -0.2) is 5.14 Å². The molecule has 29 heavy (non-hydrogen) atoms. The van der Waals surface area contributed by atoms with Gasteiger partial charge in [0, 0.05) is 17.7 Å². The molecule has 0 saturated heterocycles. The minimum absolute atomic E-state index is 0.229. The number of carbonyl (C=O) groups excluding carboxylic acids is 1. The van der Waals surface area contributed by atoms with Gasteiger partial charge in [0.2, 0.25) is 0 Å². The number of nitrogens with two attached hydrogens (primary N) is 1. The zero-order valence-electron chi connectivity index (χ0n) is 15.5. The molecule has 7 nitrogen and oxygen atoms in total. The van der Waals surface area contributed by atoms with E-state index in [1.165, 1.54) is 0 Å². The van der Waals surface area contributed by atoms with E-state index in [1.807, 2.05) is 42.5 Å². The Kier molecular flexibility index (Phi) is 6.48. The molecule has 4 N–H and O–H groups in total. The molecule has 0 atom stereocenters. The summed E-state index contributed by atoms with van der Waals surface area (Å²) in [4.78, 5) is 12.7. The average molecular weight is 411 g/mol. The predicted octanol–water partition coefficient (Wildman–Crippen LogP) is 2.81. The Bertz CT molecular complexity index is 1090. The Labute approximate surface area is 169 Å². The van der Waals surface area contributed by atoms with E-state index in [1.54, 1.807) is 36.4 Å². The van der Waals surface area contributed by atoms with Gasteiger partial charge in [-0.1, -0.05) is 48.5 Å². The van der Waals surface area contributed by atoms with Crippen LogP contribution in [0.25, 0.3) is 0 Å². The van der Waals surface area contributed by atoms with Gasteiger partial charge in [0.1, 0.15) is 12.4 Å². The van der Waals surface area contributed by atoms with E-state index in [9.17, 15) is 13.2 Å². The van der Waals surface area contributed by atoms with E-state index in [0.29, 0.717) is 11.3 Å². The molecule has 150 valence electrons. The molecule has 0 bridgehead atoms. The highest BCUT2D eigenvalue weighted by Crippen LogP contribution is 2.16. The number of amides is 1. The van der Waals surface area contributed by atoms with Crippen molar-refractivity contribution < 1.29 is 17.9 Å². The molecule has 0 heterocycles. The fourth-order valence-electron chi connectivity index (χ4n) is 2.73. The molecular formula is C21H21N3O4S. The number of para-hydroxylation sites is 1. The van der Waals surface area contributed by atoms with Crippen molar-refractivity contribution in [1.29, 1.82) is 0 Å². The Morgan fingerprint density at radius 1 is 0.931 bits per heavy atom. The first-order chi connectivity index (χ1) is 13.9. The molecule has 0 unspecified atom stereocenters. The van der Waals surface area contributed by atoms with Crippen LogP contribution >= 0.6 is 0 Å². The third kappa shape index (κ3) is 6.34. The topological polar surface area (TPSA) is 111 Å². The smallest absolute Gasteiger partial charge is 0.296 e. The van der Waals surface area contributed by atoms with Crippen molar-refractivity contribution in [2.75, 3.05) is 4.72 Å². The summed E-state index contributed by atoms with van der Waals surface area (Å²) in [7, 11) is -3.85. The Morgan fingerprint density at radius 3 is 2.41 bits per heavy atom. The molecule has 0 aromatic heterocycles. The standard InChI is InChI=1S/C21H21N3O4S/c22-29(26,27)24-18-9-6-7-16(13-18)14-23-21(25)20-12-5-4-8-17(20)15-28-19-10-2-1-3-11-19/h1-13,24H,14-15H2,(H,23,25)(H2,22,26,27). The summed E-state index contributed by atoms with van der Waals surface area (Å²) in [6.07, 6.45) is 0. The number of carbonyl (C=O) groups is 1. The number of hydrogen-bond acceptors (Lipinski definition) is 4. The lowest BCUT2D eigenvalue weighted by Crippen LogP contribution is -2.25. The lowest BCUT2D eigenvalue weighted by molar-refractivity contribution is 0.0948. The molecule has 0 spiro atoms. The Morgan fingerprint density at radius 2 is 1.66 bits per heavy atom. The second kappa shape index (κ2) is 9.22. The predicted molar refractivity (Wildman–Crippen MR) is 112 cm³/mol. The molecule has 0 saturated carbocycles.